The first kappa shape index (κ1) is 14.8. The zero-order valence-corrected chi connectivity index (χ0v) is 11.0. The summed E-state index contributed by atoms with van der Waals surface area (Å²) in [6.07, 6.45) is -0.0520. The molecule has 7 heteroatoms. The van der Waals surface area contributed by atoms with Crippen LogP contribution in [0, 0.1) is 0 Å². The molecule has 1 amide bonds. The van der Waals surface area contributed by atoms with Crippen molar-refractivity contribution >= 4 is 11.9 Å². The molecule has 0 aromatic carbocycles. The summed E-state index contributed by atoms with van der Waals surface area (Å²) in [7, 11) is 4.70. The monoisotopic (exact) mass is 261 g/mol. The van der Waals surface area contributed by atoms with Gasteiger partial charge < -0.3 is 20.3 Å². The van der Waals surface area contributed by atoms with Crippen molar-refractivity contribution in [3.05, 3.63) is 0 Å². The second kappa shape index (κ2) is 5.62. The molecule has 0 saturated carbocycles. The molecule has 1 rings (SSSR count). The number of methoxy groups -OCH3 is 1. The van der Waals surface area contributed by atoms with Crippen LogP contribution < -0.4 is 5.73 Å². The maximum Gasteiger partial charge on any atom is 0.328 e. The third kappa shape index (κ3) is 3.17. The quantitative estimate of drug-likeness (QED) is 0.656. The van der Waals surface area contributed by atoms with E-state index in [0.717, 1.165) is 0 Å². The lowest BCUT2D eigenvalue weighted by Crippen LogP contribution is -2.45. The highest BCUT2D eigenvalue weighted by Crippen LogP contribution is 2.32. The average Bonchev–Trinajstić information content (AvgIpc) is 2.64. The molecule has 0 radical (unpaired) electrons. The molecule has 6 nitrogen and oxygen atoms in total. The number of halogens is 1. The lowest BCUT2D eigenvalue weighted by Gasteiger charge is -2.24. The van der Waals surface area contributed by atoms with E-state index in [1.165, 1.54) is 12.0 Å². The van der Waals surface area contributed by atoms with Crippen LogP contribution in [0.15, 0.2) is 0 Å². The van der Waals surface area contributed by atoms with E-state index >= 15 is 0 Å². The van der Waals surface area contributed by atoms with Crippen LogP contribution in [0.2, 0.25) is 0 Å². The minimum Gasteiger partial charge on any atom is -0.467 e. The van der Waals surface area contributed by atoms with Crippen molar-refractivity contribution in [2.75, 3.05) is 40.8 Å². The van der Waals surface area contributed by atoms with Crippen molar-refractivity contribution in [1.82, 2.24) is 9.80 Å². The summed E-state index contributed by atoms with van der Waals surface area (Å²) in [5.41, 5.74) is 3.67. The number of carbonyl (C=O) groups excluding carboxylic acids is 2. The number of esters is 1. The number of rotatable bonds is 4. The van der Waals surface area contributed by atoms with Gasteiger partial charge in [-0.05, 0) is 14.1 Å². The van der Waals surface area contributed by atoms with Crippen LogP contribution in [-0.4, -0.2) is 74.2 Å². The first-order chi connectivity index (χ1) is 8.33. The van der Waals surface area contributed by atoms with Gasteiger partial charge in [0.1, 0.15) is 11.7 Å². The Hall–Kier alpha value is -1.21. The molecule has 0 aliphatic carbocycles. The van der Waals surface area contributed by atoms with E-state index in [-0.39, 0.29) is 26.1 Å². The Morgan fingerprint density at radius 2 is 2.17 bits per heavy atom. The van der Waals surface area contributed by atoms with Crippen molar-refractivity contribution in [1.29, 1.82) is 0 Å². The molecular formula is C11H20FN3O3. The van der Waals surface area contributed by atoms with E-state index in [9.17, 15) is 14.0 Å². The number of hydrogen-bond acceptors (Lipinski definition) is 5. The third-order valence-corrected chi connectivity index (χ3v) is 2.96. The fraction of sp³-hybridized carbons (Fsp3) is 0.818. The third-order valence-electron chi connectivity index (χ3n) is 2.96. The molecule has 0 bridgehead atoms. The smallest absolute Gasteiger partial charge is 0.328 e. The van der Waals surface area contributed by atoms with Gasteiger partial charge in [-0.15, -0.1) is 0 Å². The molecule has 0 aromatic rings. The first-order valence-electron chi connectivity index (χ1n) is 5.74. The van der Waals surface area contributed by atoms with Gasteiger partial charge in [0, 0.05) is 13.0 Å². The Kier molecular flexibility index (Phi) is 4.64. The Labute approximate surface area is 106 Å². The fourth-order valence-electron chi connectivity index (χ4n) is 2.34. The number of nitrogens with two attached hydrogens (primary N) is 1. The minimum absolute atomic E-state index is 0.0520. The maximum absolute atomic E-state index is 14.6. The van der Waals surface area contributed by atoms with Gasteiger partial charge in [0.2, 0.25) is 5.91 Å². The minimum atomic E-state index is -1.60. The SMILES string of the molecule is COC(=O)[C@@H]1C[C@](F)(CN(C)C)CN1C(=O)CN. The highest BCUT2D eigenvalue weighted by Gasteiger charge is 2.49. The van der Waals surface area contributed by atoms with Crippen LogP contribution in [0.5, 0.6) is 0 Å². The van der Waals surface area contributed by atoms with Gasteiger partial charge in [0.25, 0.3) is 0 Å². The second-order valence-electron chi connectivity index (χ2n) is 4.86. The lowest BCUT2D eigenvalue weighted by molar-refractivity contribution is -0.150. The molecule has 1 aliphatic heterocycles. The second-order valence-corrected chi connectivity index (χ2v) is 4.86. The van der Waals surface area contributed by atoms with E-state index in [4.69, 9.17) is 5.73 Å². The Bertz CT molecular complexity index is 311. The number of hydrogen-bond donors (Lipinski definition) is 1. The van der Waals surface area contributed by atoms with Crippen LogP contribution in [0.1, 0.15) is 6.42 Å². The predicted molar refractivity (Wildman–Crippen MR) is 63.6 cm³/mol. The highest BCUT2D eigenvalue weighted by molar-refractivity contribution is 5.86. The Morgan fingerprint density at radius 1 is 1.56 bits per heavy atom. The van der Waals surface area contributed by atoms with E-state index in [1.807, 2.05) is 0 Å². The number of carbonyl (C=O) groups is 2. The molecule has 0 aromatic heterocycles. The van der Waals surface area contributed by atoms with E-state index in [2.05, 4.69) is 4.74 Å². The van der Waals surface area contributed by atoms with Crippen LogP contribution >= 0.6 is 0 Å². The van der Waals surface area contributed by atoms with Crippen molar-refractivity contribution in [2.24, 2.45) is 5.73 Å². The molecule has 1 fully saturated rings. The zero-order chi connectivity index (χ0) is 13.9. The lowest BCUT2D eigenvalue weighted by atomic mass is 10.0. The summed E-state index contributed by atoms with van der Waals surface area (Å²) in [6, 6.07) is -0.879. The molecule has 1 aliphatic rings. The fourth-order valence-corrected chi connectivity index (χ4v) is 2.34. The van der Waals surface area contributed by atoms with Crippen molar-refractivity contribution in [3.63, 3.8) is 0 Å². The first-order valence-corrected chi connectivity index (χ1v) is 5.74. The van der Waals surface area contributed by atoms with Crippen LogP contribution in [0.25, 0.3) is 0 Å². The van der Waals surface area contributed by atoms with E-state index < -0.39 is 23.6 Å². The van der Waals surface area contributed by atoms with Crippen molar-refractivity contribution < 1.29 is 18.7 Å². The molecule has 2 atom stereocenters. The average molecular weight is 261 g/mol. The van der Waals surface area contributed by atoms with Crippen LogP contribution in [0.3, 0.4) is 0 Å². The Morgan fingerprint density at radius 3 is 2.61 bits per heavy atom. The summed E-state index contributed by atoms with van der Waals surface area (Å²) in [4.78, 5) is 26.1. The number of nitrogens with zero attached hydrogens (tertiary/aromatic N) is 2. The van der Waals surface area contributed by atoms with E-state index in [0.29, 0.717) is 0 Å². The van der Waals surface area contributed by atoms with E-state index in [1.54, 1.807) is 19.0 Å². The van der Waals surface area contributed by atoms with Gasteiger partial charge in [-0.2, -0.15) is 0 Å². The number of alkyl halides is 1. The maximum atomic E-state index is 14.6. The summed E-state index contributed by atoms with van der Waals surface area (Å²) < 4.78 is 19.2. The summed E-state index contributed by atoms with van der Waals surface area (Å²) in [5.74, 6) is -1.04. The molecule has 18 heavy (non-hydrogen) atoms. The molecular weight excluding hydrogens is 241 g/mol. The van der Waals surface area contributed by atoms with Crippen molar-refractivity contribution in [3.8, 4) is 0 Å². The largest absolute Gasteiger partial charge is 0.467 e. The van der Waals surface area contributed by atoms with Crippen molar-refractivity contribution in [2.45, 2.75) is 18.1 Å². The van der Waals surface area contributed by atoms with Crippen LogP contribution in [-0.2, 0) is 14.3 Å². The normalized spacial score (nSPS) is 27.7. The topological polar surface area (TPSA) is 75.9 Å². The van der Waals surface area contributed by atoms with Gasteiger partial charge in [0.05, 0.1) is 20.2 Å². The van der Waals surface area contributed by atoms with Gasteiger partial charge >= 0.3 is 5.97 Å². The number of ether oxygens (including phenoxy) is 1. The zero-order valence-electron chi connectivity index (χ0n) is 11.0. The molecule has 0 spiro atoms. The molecule has 1 heterocycles. The number of likely N-dealkylation sites (tertiary alicyclic amines) is 1. The summed E-state index contributed by atoms with van der Waals surface area (Å²) in [6.45, 7) is -0.221. The summed E-state index contributed by atoms with van der Waals surface area (Å²) >= 11 is 0. The molecule has 2 N–H and O–H groups in total. The Balaban J connectivity index is 2.88. The molecule has 104 valence electrons. The van der Waals surface area contributed by atoms with Gasteiger partial charge in [-0.1, -0.05) is 0 Å². The predicted octanol–water partition coefficient (Wildman–Crippen LogP) is -1.01. The van der Waals surface area contributed by atoms with Gasteiger partial charge in [0.15, 0.2) is 0 Å². The molecule has 0 unspecified atom stereocenters. The van der Waals surface area contributed by atoms with Gasteiger partial charge in [-0.25, -0.2) is 9.18 Å². The molecule has 1 saturated heterocycles. The standard InChI is InChI=1S/C11H20FN3O3/c1-14(2)6-11(12)4-8(10(17)18-3)15(7-11)9(16)5-13/h8H,4-7,13H2,1-3H3/t8-,11-/m0/s1. The van der Waals surface area contributed by atoms with Gasteiger partial charge in [-0.3, -0.25) is 4.79 Å². The number of amides is 1. The summed E-state index contributed by atoms with van der Waals surface area (Å²) in [5, 5.41) is 0. The highest BCUT2D eigenvalue weighted by atomic mass is 19.1. The van der Waals surface area contributed by atoms with Crippen LogP contribution in [0.4, 0.5) is 4.39 Å².